The summed E-state index contributed by atoms with van der Waals surface area (Å²) in [5.41, 5.74) is 6.42. The van der Waals surface area contributed by atoms with Gasteiger partial charge in [0, 0.05) is 18.5 Å². The molecule has 18 heavy (non-hydrogen) atoms. The van der Waals surface area contributed by atoms with Crippen LogP contribution in [-0.2, 0) is 4.79 Å². The third-order valence-electron chi connectivity index (χ3n) is 2.20. The predicted octanol–water partition coefficient (Wildman–Crippen LogP) is 2.12. The van der Waals surface area contributed by atoms with Crippen LogP contribution in [0.15, 0.2) is 18.2 Å². The molecule has 1 aromatic carbocycles. The normalized spacial score (nSPS) is 11.1. The van der Waals surface area contributed by atoms with Crippen molar-refractivity contribution in [2.75, 3.05) is 17.6 Å². The summed E-state index contributed by atoms with van der Waals surface area (Å²) in [6, 6.07) is 4.11. The van der Waals surface area contributed by atoms with Crippen LogP contribution in [0.3, 0.4) is 0 Å². The van der Waals surface area contributed by atoms with Crippen molar-refractivity contribution in [1.29, 1.82) is 0 Å². The summed E-state index contributed by atoms with van der Waals surface area (Å²) < 4.78 is 13.0. The number of hydrogen-bond donors (Lipinski definition) is 3. The smallest absolute Gasteiger partial charge is 0.222 e. The first-order chi connectivity index (χ1) is 8.28. The fourth-order valence-corrected chi connectivity index (χ4v) is 1.47. The second kappa shape index (κ2) is 5.71. The van der Waals surface area contributed by atoms with Gasteiger partial charge in [-0.15, -0.1) is 0 Å². The molecule has 0 aliphatic heterocycles. The second-order valence-electron chi connectivity index (χ2n) is 5.21. The summed E-state index contributed by atoms with van der Waals surface area (Å²) in [6.07, 6.45) is 0.313. The molecule has 0 aromatic heterocycles. The van der Waals surface area contributed by atoms with E-state index in [4.69, 9.17) is 5.73 Å². The summed E-state index contributed by atoms with van der Waals surface area (Å²) in [5, 5.41) is 5.79. The van der Waals surface area contributed by atoms with Crippen LogP contribution in [0.2, 0.25) is 0 Å². The van der Waals surface area contributed by atoms with E-state index < -0.39 is 0 Å². The van der Waals surface area contributed by atoms with Gasteiger partial charge in [-0.05, 0) is 39.0 Å². The van der Waals surface area contributed by atoms with E-state index in [0.29, 0.717) is 24.3 Å². The van der Waals surface area contributed by atoms with Crippen LogP contribution < -0.4 is 16.4 Å². The van der Waals surface area contributed by atoms with Crippen LogP contribution in [-0.4, -0.2) is 18.0 Å². The molecule has 0 aliphatic carbocycles. The quantitative estimate of drug-likeness (QED) is 0.720. The van der Waals surface area contributed by atoms with Crippen molar-refractivity contribution in [2.24, 2.45) is 0 Å². The van der Waals surface area contributed by atoms with E-state index in [1.54, 1.807) is 0 Å². The van der Waals surface area contributed by atoms with Crippen LogP contribution >= 0.6 is 0 Å². The van der Waals surface area contributed by atoms with Gasteiger partial charge in [-0.2, -0.15) is 0 Å². The minimum absolute atomic E-state index is 0.0509. The molecule has 4 nitrogen and oxygen atoms in total. The Morgan fingerprint density at radius 2 is 2.06 bits per heavy atom. The fraction of sp³-hybridized carbons (Fsp3) is 0.462. The zero-order chi connectivity index (χ0) is 13.8. The van der Waals surface area contributed by atoms with Crippen LogP contribution in [0.5, 0.6) is 0 Å². The molecule has 0 atom stereocenters. The lowest BCUT2D eigenvalue weighted by Gasteiger charge is -2.20. The van der Waals surface area contributed by atoms with Crippen LogP contribution in [0.1, 0.15) is 27.2 Å². The highest BCUT2D eigenvalue weighted by atomic mass is 19.1. The van der Waals surface area contributed by atoms with Crippen molar-refractivity contribution in [3.05, 3.63) is 24.0 Å². The number of halogens is 1. The first-order valence-corrected chi connectivity index (χ1v) is 5.88. The molecule has 0 aliphatic rings. The third kappa shape index (κ3) is 5.03. The first kappa shape index (κ1) is 14.3. The van der Waals surface area contributed by atoms with E-state index in [-0.39, 0.29) is 17.3 Å². The molecule has 0 unspecified atom stereocenters. The van der Waals surface area contributed by atoms with Crippen molar-refractivity contribution in [3.8, 4) is 0 Å². The highest BCUT2D eigenvalue weighted by Gasteiger charge is 2.13. The number of amides is 1. The van der Waals surface area contributed by atoms with Crippen molar-refractivity contribution in [3.63, 3.8) is 0 Å². The fourth-order valence-electron chi connectivity index (χ4n) is 1.47. The molecule has 4 N–H and O–H groups in total. The highest BCUT2D eigenvalue weighted by Crippen LogP contribution is 2.18. The van der Waals surface area contributed by atoms with Gasteiger partial charge >= 0.3 is 0 Å². The van der Waals surface area contributed by atoms with Gasteiger partial charge in [0.15, 0.2) is 0 Å². The van der Waals surface area contributed by atoms with Gasteiger partial charge in [-0.1, -0.05) is 0 Å². The number of carbonyl (C=O) groups excluding carboxylic acids is 1. The topological polar surface area (TPSA) is 67.2 Å². The lowest BCUT2D eigenvalue weighted by atomic mass is 10.1. The van der Waals surface area contributed by atoms with Crippen LogP contribution in [0.25, 0.3) is 0 Å². The second-order valence-corrected chi connectivity index (χ2v) is 5.21. The predicted molar refractivity (Wildman–Crippen MR) is 71.8 cm³/mol. The SMILES string of the molecule is CC(C)(C)NC(=O)CCNc1cc(F)ccc1N. The molecule has 5 heteroatoms. The summed E-state index contributed by atoms with van der Waals surface area (Å²) in [4.78, 5) is 11.5. The summed E-state index contributed by atoms with van der Waals surface area (Å²) in [5.74, 6) is -0.407. The number of anilines is 2. The van der Waals surface area contributed by atoms with Crippen LogP contribution in [0, 0.1) is 5.82 Å². The monoisotopic (exact) mass is 253 g/mol. The van der Waals surface area contributed by atoms with Crippen molar-refractivity contribution in [2.45, 2.75) is 32.7 Å². The van der Waals surface area contributed by atoms with Crippen molar-refractivity contribution >= 4 is 17.3 Å². The van der Waals surface area contributed by atoms with E-state index in [1.807, 2.05) is 20.8 Å². The molecule has 0 heterocycles. The Bertz CT molecular complexity index is 427. The molecular formula is C13H20FN3O. The lowest BCUT2D eigenvalue weighted by Crippen LogP contribution is -2.41. The van der Waals surface area contributed by atoms with Gasteiger partial charge in [-0.3, -0.25) is 4.79 Å². The molecule has 0 fully saturated rings. The summed E-state index contributed by atoms with van der Waals surface area (Å²) in [7, 11) is 0. The Morgan fingerprint density at radius 1 is 1.39 bits per heavy atom. The Balaban J connectivity index is 2.42. The number of benzene rings is 1. The molecule has 0 saturated carbocycles. The third-order valence-corrected chi connectivity index (χ3v) is 2.20. The number of nitrogens with two attached hydrogens (primary N) is 1. The Labute approximate surface area is 107 Å². The lowest BCUT2D eigenvalue weighted by molar-refractivity contribution is -0.122. The maximum atomic E-state index is 13.0. The molecule has 100 valence electrons. The van der Waals surface area contributed by atoms with Gasteiger partial charge in [0.2, 0.25) is 5.91 Å². The van der Waals surface area contributed by atoms with E-state index in [9.17, 15) is 9.18 Å². The average molecular weight is 253 g/mol. The van der Waals surface area contributed by atoms with Crippen molar-refractivity contribution in [1.82, 2.24) is 5.32 Å². The minimum atomic E-state index is -0.356. The van der Waals surface area contributed by atoms with E-state index in [0.717, 1.165) is 0 Å². The first-order valence-electron chi connectivity index (χ1n) is 5.88. The molecule has 0 bridgehead atoms. The van der Waals surface area contributed by atoms with Crippen LogP contribution in [0.4, 0.5) is 15.8 Å². The van der Waals surface area contributed by atoms with E-state index >= 15 is 0 Å². The zero-order valence-corrected chi connectivity index (χ0v) is 11.0. The zero-order valence-electron chi connectivity index (χ0n) is 11.0. The summed E-state index contributed by atoms with van der Waals surface area (Å²) in [6.45, 7) is 6.17. The molecule has 0 spiro atoms. The average Bonchev–Trinajstić information content (AvgIpc) is 2.20. The highest BCUT2D eigenvalue weighted by molar-refractivity contribution is 5.77. The number of nitrogens with one attached hydrogen (secondary N) is 2. The van der Waals surface area contributed by atoms with E-state index in [1.165, 1.54) is 18.2 Å². The van der Waals surface area contributed by atoms with Gasteiger partial charge < -0.3 is 16.4 Å². The number of carbonyl (C=O) groups is 1. The van der Waals surface area contributed by atoms with E-state index in [2.05, 4.69) is 10.6 Å². The molecule has 1 amide bonds. The Kier molecular flexibility index (Phi) is 4.53. The maximum Gasteiger partial charge on any atom is 0.222 e. The van der Waals surface area contributed by atoms with Gasteiger partial charge in [0.05, 0.1) is 11.4 Å². The van der Waals surface area contributed by atoms with Gasteiger partial charge in [0.25, 0.3) is 0 Å². The number of nitrogen functional groups attached to an aromatic ring is 1. The molecule has 0 saturated heterocycles. The molecular weight excluding hydrogens is 233 g/mol. The Hall–Kier alpha value is -1.78. The number of hydrogen-bond acceptors (Lipinski definition) is 3. The van der Waals surface area contributed by atoms with Gasteiger partial charge in [-0.25, -0.2) is 4.39 Å². The minimum Gasteiger partial charge on any atom is -0.397 e. The standard InChI is InChI=1S/C13H20FN3O/c1-13(2,3)17-12(18)6-7-16-11-8-9(14)4-5-10(11)15/h4-5,8,16H,6-7,15H2,1-3H3,(H,17,18). The molecule has 0 radical (unpaired) electrons. The largest absolute Gasteiger partial charge is 0.397 e. The van der Waals surface area contributed by atoms with Crippen molar-refractivity contribution < 1.29 is 9.18 Å². The Morgan fingerprint density at radius 3 is 2.67 bits per heavy atom. The van der Waals surface area contributed by atoms with Gasteiger partial charge in [0.1, 0.15) is 5.82 Å². The molecule has 1 rings (SSSR count). The number of rotatable bonds is 4. The maximum absolute atomic E-state index is 13.0. The molecule has 1 aromatic rings. The summed E-state index contributed by atoms with van der Waals surface area (Å²) >= 11 is 0.